The van der Waals surface area contributed by atoms with Gasteiger partial charge in [-0.15, -0.1) is 0 Å². The van der Waals surface area contributed by atoms with Crippen LogP contribution >= 0.6 is 0 Å². The lowest BCUT2D eigenvalue weighted by Gasteiger charge is -2.27. The topological polar surface area (TPSA) is 107 Å². The molecule has 0 unspecified atom stereocenters. The molecule has 0 saturated heterocycles. The van der Waals surface area contributed by atoms with Crippen LogP contribution < -0.4 is 16.6 Å². The van der Waals surface area contributed by atoms with Gasteiger partial charge in [-0.05, 0) is 41.8 Å². The molecule has 0 bridgehead atoms. The van der Waals surface area contributed by atoms with Gasteiger partial charge >= 0.3 is 5.69 Å². The van der Waals surface area contributed by atoms with E-state index in [9.17, 15) is 19.2 Å². The summed E-state index contributed by atoms with van der Waals surface area (Å²) in [6, 6.07) is 20.2. The lowest BCUT2D eigenvalue weighted by molar-refractivity contribution is -0.131. The number of amides is 2. The van der Waals surface area contributed by atoms with Crippen LogP contribution in [0.2, 0.25) is 0 Å². The van der Waals surface area contributed by atoms with Crippen LogP contribution in [-0.2, 0) is 29.2 Å². The van der Waals surface area contributed by atoms with Crippen LogP contribution in [0.4, 0.5) is 0 Å². The molecule has 0 aliphatic carbocycles. The van der Waals surface area contributed by atoms with Gasteiger partial charge in [-0.1, -0.05) is 48.5 Å². The Hall–Kier alpha value is -4.66. The van der Waals surface area contributed by atoms with Crippen LogP contribution in [0.5, 0.6) is 0 Å². The summed E-state index contributed by atoms with van der Waals surface area (Å²) in [4.78, 5) is 53.8. The Labute approximate surface area is 218 Å². The molecule has 1 N–H and O–H groups in total. The van der Waals surface area contributed by atoms with Gasteiger partial charge in [0.15, 0.2) is 0 Å². The number of hydrogen-bond acceptors (Lipinski definition) is 5. The van der Waals surface area contributed by atoms with Crippen molar-refractivity contribution in [2.45, 2.75) is 32.5 Å². The van der Waals surface area contributed by atoms with Crippen LogP contribution in [-0.4, -0.2) is 38.9 Å². The highest BCUT2D eigenvalue weighted by Crippen LogP contribution is 2.22. The number of aromatic nitrogens is 2. The Morgan fingerprint density at radius 2 is 1.71 bits per heavy atom. The Kier molecular flexibility index (Phi) is 7.35. The van der Waals surface area contributed by atoms with Crippen molar-refractivity contribution in [2.75, 3.05) is 13.1 Å². The fraction of sp³-hybridized carbons (Fsp3) is 0.241. The molecule has 3 heterocycles. The number of carbonyl (C=O) groups is 2. The average Bonchev–Trinajstić information content (AvgIpc) is 3.48. The van der Waals surface area contributed by atoms with E-state index in [4.69, 9.17) is 4.42 Å². The maximum absolute atomic E-state index is 13.4. The van der Waals surface area contributed by atoms with Gasteiger partial charge in [0.1, 0.15) is 12.3 Å². The van der Waals surface area contributed by atoms with Gasteiger partial charge in [0.05, 0.1) is 23.7 Å². The number of carbonyl (C=O) groups excluding carboxylic acids is 2. The molecule has 38 heavy (non-hydrogen) atoms. The maximum Gasteiger partial charge on any atom is 0.331 e. The minimum Gasteiger partial charge on any atom is -0.467 e. The number of hydrogen-bond donors (Lipinski definition) is 1. The quantitative estimate of drug-likeness (QED) is 0.391. The third-order valence-electron chi connectivity index (χ3n) is 6.73. The number of nitrogens with zero attached hydrogens (tertiary/aromatic N) is 3. The molecule has 194 valence electrons. The van der Waals surface area contributed by atoms with Crippen molar-refractivity contribution < 1.29 is 14.0 Å². The van der Waals surface area contributed by atoms with Crippen molar-refractivity contribution in [3.8, 4) is 0 Å². The normalized spacial score (nSPS) is 13.4. The summed E-state index contributed by atoms with van der Waals surface area (Å²) in [6.07, 6.45) is 4.31. The summed E-state index contributed by atoms with van der Waals surface area (Å²) in [5.74, 6) is 0.0577. The molecule has 4 aromatic rings. The second-order valence-corrected chi connectivity index (χ2v) is 9.13. The van der Waals surface area contributed by atoms with E-state index in [0.717, 1.165) is 16.6 Å². The standard InChI is InChI=1S/C29H28N4O5/c34-26(30-19-23-9-6-18-38-23)20-33-25-11-5-4-10-24(25)28(36)32(29(33)37)17-14-27(35)31-15-12-22(13-16-31)21-7-2-1-3-8-21/h1-12,18H,13-17,19-20H2,(H,30,34). The van der Waals surface area contributed by atoms with Crippen LogP contribution in [0, 0.1) is 0 Å². The monoisotopic (exact) mass is 512 g/mol. The number of rotatable bonds is 8. The Balaban J connectivity index is 1.31. The smallest absolute Gasteiger partial charge is 0.331 e. The van der Waals surface area contributed by atoms with Crippen molar-refractivity contribution in [1.29, 1.82) is 0 Å². The summed E-state index contributed by atoms with van der Waals surface area (Å²) >= 11 is 0. The minimum atomic E-state index is -0.625. The molecule has 2 aromatic heterocycles. The average molecular weight is 513 g/mol. The van der Waals surface area contributed by atoms with Crippen molar-refractivity contribution in [2.24, 2.45) is 0 Å². The molecular formula is C29H28N4O5. The van der Waals surface area contributed by atoms with Gasteiger partial charge < -0.3 is 14.6 Å². The van der Waals surface area contributed by atoms with Gasteiger partial charge in [-0.3, -0.25) is 23.5 Å². The summed E-state index contributed by atoms with van der Waals surface area (Å²) in [5, 5.41) is 3.03. The number of furan rings is 1. The largest absolute Gasteiger partial charge is 0.467 e. The summed E-state index contributed by atoms with van der Waals surface area (Å²) in [6.45, 7) is 0.902. The molecular weight excluding hydrogens is 484 g/mol. The van der Waals surface area contributed by atoms with Crippen molar-refractivity contribution >= 4 is 28.3 Å². The second-order valence-electron chi connectivity index (χ2n) is 9.13. The fourth-order valence-electron chi connectivity index (χ4n) is 4.69. The zero-order valence-corrected chi connectivity index (χ0v) is 20.8. The molecule has 0 saturated carbocycles. The predicted octanol–water partition coefficient (Wildman–Crippen LogP) is 2.78. The van der Waals surface area contributed by atoms with Crippen LogP contribution in [0.25, 0.3) is 16.5 Å². The Morgan fingerprint density at radius 3 is 2.45 bits per heavy atom. The Morgan fingerprint density at radius 1 is 0.921 bits per heavy atom. The minimum absolute atomic E-state index is 0.00663. The van der Waals surface area contributed by atoms with Crippen LogP contribution in [0.3, 0.4) is 0 Å². The highest BCUT2D eigenvalue weighted by atomic mass is 16.3. The Bertz CT molecular complexity index is 1600. The summed E-state index contributed by atoms with van der Waals surface area (Å²) in [7, 11) is 0. The third kappa shape index (κ3) is 5.36. The highest BCUT2D eigenvalue weighted by Gasteiger charge is 2.20. The second kappa shape index (κ2) is 11.2. The molecule has 9 heteroatoms. The number of fused-ring (bicyclic) bond motifs is 1. The molecule has 1 aliphatic heterocycles. The molecule has 5 rings (SSSR count). The molecule has 0 atom stereocenters. The molecule has 1 aliphatic rings. The van der Waals surface area contributed by atoms with Crippen LogP contribution in [0.15, 0.2) is 93.1 Å². The lowest BCUT2D eigenvalue weighted by Crippen LogP contribution is -2.43. The van der Waals surface area contributed by atoms with E-state index in [-0.39, 0.29) is 32.0 Å². The SMILES string of the molecule is O=C(Cn1c(=O)n(CCC(=O)N2CC=C(c3ccccc3)CC2)c(=O)c2ccccc21)NCc1ccco1. The fourth-order valence-corrected chi connectivity index (χ4v) is 4.69. The molecule has 0 radical (unpaired) electrons. The molecule has 2 amide bonds. The van der Waals surface area contributed by atoms with Crippen molar-refractivity contribution in [3.63, 3.8) is 0 Å². The van der Waals surface area contributed by atoms with E-state index >= 15 is 0 Å². The zero-order valence-electron chi connectivity index (χ0n) is 20.8. The summed E-state index contributed by atoms with van der Waals surface area (Å²) in [5.41, 5.74) is 1.62. The lowest BCUT2D eigenvalue weighted by atomic mass is 9.99. The van der Waals surface area contributed by atoms with E-state index < -0.39 is 17.2 Å². The maximum atomic E-state index is 13.4. The number of nitrogens with one attached hydrogen (secondary N) is 1. The van der Waals surface area contributed by atoms with E-state index in [2.05, 4.69) is 17.4 Å². The van der Waals surface area contributed by atoms with Gasteiger partial charge in [-0.25, -0.2) is 4.79 Å². The van der Waals surface area contributed by atoms with Gasteiger partial charge in [-0.2, -0.15) is 0 Å². The first-order valence-corrected chi connectivity index (χ1v) is 12.5. The van der Waals surface area contributed by atoms with Gasteiger partial charge in [0, 0.05) is 26.1 Å². The summed E-state index contributed by atoms with van der Waals surface area (Å²) < 4.78 is 7.55. The predicted molar refractivity (Wildman–Crippen MR) is 143 cm³/mol. The number of benzene rings is 2. The zero-order chi connectivity index (χ0) is 26.5. The van der Waals surface area contributed by atoms with Crippen molar-refractivity contribution in [3.05, 3.63) is 111 Å². The van der Waals surface area contributed by atoms with Crippen LogP contribution in [0.1, 0.15) is 24.2 Å². The van der Waals surface area contributed by atoms with Crippen molar-refractivity contribution in [1.82, 2.24) is 19.4 Å². The molecule has 2 aromatic carbocycles. The number of para-hydroxylation sites is 1. The first-order valence-electron chi connectivity index (χ1n) is 12.5. The first kappa shape index (κ1) is 25.0. The van der Waals surface area contributed by atoms with E-state index in [1.165, 1.54) is 16.4 Å². The molecule has 0 spiro atoms. The third-order valence-corrected chi connectivity index (χ3v) is 6.73. The highest BCUT2D eigenvalue weighted by molar-refractivity contribution is 5.82. The van der Waals surface area contributed by atoms with Gasteiger partial charge in [0.25, 0.3) is 5.56 Å². The van der Waals surface area contributed by atoms with Gasteiger partial charge in [0.2, 0.25) is 11.8 Å². The van der Waals surface area contributed by atoms with E-state index in [0.29, 0.717) is 29.8 Å². The molecule has 0 fully saturated rings. The first-order chi connectivity index (χ1) is 18.5. The van der Waals surface area contributed by atoms with E-state index in [1.807, 2.05) is 24.3 Å². The molecule has 9 nitrogen and oxygen atoms in total. The van der Waals surface area contributed by atoms with E-state index in [1.54, 1.807) is 41.3 Å².